The van der Waals surface area contributed by atoms with Crippen LogP contribution in [-0.4, -0.2) is 27.8 Å². The summed E-state index contributed by atoms with van der Waals surface area (Å²) in [4.78, 5) is 15.9. The number of aromatic nitrogens is 2. The lowest BCUT2D eigenvalue weighted by atomic mass is 10.1. The van der Waals surface area contributed by atoms with Gasteiger partial charge in [-0.25, -0.2) is 9.37 Å². The fraction of sp³-hybridized carbons (Fsp3) is 0.333. The molecule has 0 radical (unpaired) electrons. The zero-order valence-electron chi connectivity index (χ0n) is 11.9. The van der Waals surface area contributed by atoms with Crippen LogP contribution in [0.15, 0.2) is 41.8 Å². The van der Waals surface area contributed by atoms with Gasteiger partial charge in [-0.1, -0.05) is 30.0 Å². The van der Waals surface area contributed by atoms with Crippen molar-refractivity contribution < 1.29 is 9.18 Å². The lowest BCUT2D eigenvalue weighted by Gasteiger charge is -2.06. The van der Waals surface area contributed by atoms with Crippen LogP contribution >= 0.6 is 11.8 Å². The smallest absolute Gasteiger partial charge is 0.220 e. The molecule has 1 amide bonds. The van der Waals surface area contributed by atoms with Gasteiger partial charge in [0.2, 0.25) is 5.91 Å². The third-order valence-electron chi connectivity index (χ3n) is 3.01. The molecule has 1 heterocycles. The first-order chi connectivity index (χ1) is 10.2. The fourth-order valence-corrected chi connectivity index (χ4v) is 2.65. The standard InChI is InChI=1S/C15H18FN3OS/c1-19-10-8-18-15(19)21-11-9-17-14(20)7-6-12-4-2-3-5-13(12)16/h2-5,8,10H,6-7,9,11H2,1H3,(H,17,20). The summed E-state index contributed by atoms with van der Waals surface area (Å²) in [5, 5.41) is 3.76. The number of benzene rings is 1. The largest absolute Gasteiger partial charge is 0.355 e. The van der Waals surface area contributed by atoms with E-state index in [0.29, 0.717) is 24.9 Å². The Labute approximate surface area is 127 Å². The highest BCUT2D eigenvalue weighted by molar-refractivity contribution is 7.99. The van der Waals surface area contributed by atoms with Crippen LogP contribution in [0.4, 0.5) is 4.39 Å². The van der Waals surface area contributed by atoms with E-state index in [9.17, 15) is 9.18 Å². The zero-order chi connectivity index (χ0) is 15.1. The highest BCUT2D eigenvalue weighted by Crippen LogP contribution is 2.13. The molecule has 0 bridgehead atoms. The van der Waals surface area contributed by atoms with Gasteiger partial charge in [0.25, 0.3) is 0 Å². The maximum absolute atomic E-state index is 13.4. The average molecular weight is 307 g/mol. The molecular formula is C15H18FN3OS. The number of rotatable bonds is 7. The third kappa shape index (κ3) is 4.90. The number of hydrogen-bond donors (Lipinski definition) is 1. The van der Waals surface area contributed by atoms with E-state index in [-0.39, 0.29) is 11.7 Å². The number of hydrogen-bond acceptors (Lipinski definition) is 3. The van der Waals surface area contributed by atoms with E-state index >= 15 is 0 Å². The Kier molecular flexibility index (Phi) is 5.80. The summed E-state index contributed by atoms with van der Waals surface area (Å²) in [6.45, 7) is 0.577. The van der Waals surface area contributed by atoms with Gasteiger partial charge in [0, 0.05) is 38.2 Å². The van der Waals surface area contributed by atoms with E-state index in [4.69, 9.17) is 0 Å². The van der Waals surface area contributed by atoms with Gasteiger partial charge in [0.1, 0.15) is 5.82 Å². The molecular weight excluding hydrogens is 289 g/mol. The zero-order valence-corrected chi connectivity index (χ0v) is 12.7. The molecule has 0 aliphatic carbocycles. The molecule has 1 aromatic carbocycles. The number of aryl methyl sites for hydroxylation is 2. The Morgan fingerprint density at radius 3 is 2.95 bits per heavy atom. The Hall–Kier alpha value is -1.82. The Balaban J connectivity index is 1.64. The second-order valence-corrected chi connectivity index (χ2v) is 5.67. The Bertz CT molecular complexity index is 600. The number of halogens is 1. The first-order valence-corrected chi connectivity index (χ1v) is 7.75. The van der Waals surface area contributed by atoms with Crippen molar-refractivity contribution in [3.05, 3.63) is 48.0 Å². The van der Waals surface area contributed by atoms with Gasteiger partial charge in [-0.3, -0.25) is 4.79 Å². The number of carbonyl (C=O) groups is 1. The molecule has 0 saturated carbocycles. The third-order valence-corrected chi connectivity index (χ3v) is 4.07. The van der Waals surface area contributed by atoms with Crippen molar-refractivity contribution in [1.29, 1.82) is 0 Å². The van der Waals surface area contributed by atoms with Crippen molar-refractivity contribution in [2.24, 2.45) is 7.05 Å². The first kappa shape index (κ1) is 15.6. The number of amides is 1. The van der Waals surface area contributed by atoms with Crippen molar-refractivity contribution in [2.75, 3.05) is 12.3 Å². The van der Waals surface area contributed by atoms with Crippen LogP contribution < -0.4 is 5.32 Å². The molecule has 0 saturated heterocycles. The van der Waals surface area contributed by atoms with E-state index < -0.39 is 0 Å². The molecule has 0 spiro atoms. The van der Waals surface area contributed by atoms with E-state index in [0.717, 1.165) is 10.9 Å². The molecule has 0 aliphatic heterocycles. The van der Waals surface area contributed by atoms with Crippen molar-refractivity contribution in [1.82, 2.24) is 14.9 Å². The number of nitrogens with one attached hydrogen (secondary N) is 1. The second-order valence-electron chi connectivity index (χ2n) is 4.61. The lowest BCUT2D eigenvalue weighted by molar-refractivity contribution is -0.120. The van der Waals surface area contributed by atoms with E-state index in [1.54, 1.807) is 36.2 Å². The minimum Gasteiger partial charge on any atom is -0.355 e. The molecule has 112 valence electrons. The van der Waals surface area contributed by atoms with E-state index in [2.05, 4.69) is 10.3 Å². The highest BCUT2D eigenvalue weighted by atomic mass is 32.2. The van der Waals surface area contributed by atoms with Crippen molar-refractivity contribution in [2.45, 2.75) is 18.0 Å². The van der Waals surface area contributed by atoms with Gasteiger partial charge in [0.15, 0.2) is 5.16 Å². The molecule has 0 atom stereocenters. The number of thioether (sulfide) groups is 1. The monoisotopic (exact) mass is 307 g/mol. The van der Waals surface area contributed by atoms with Crippen LogP contribution in [0.5, 0.6) is 0 Å². The van der Waals surface area contributed by atoms with Gasteiger partial charge in [-0.15, -0.1) is 0 Å². The molecule has 0 unspecified atom stereocenters. The SMILES string of the molecule is Cn1ccnc1SCCNC(=O)CCc1ccccc1F. The van der Waals surface area contributed by atoms with Crippen molar-refractivity contribution >= 4 is 17.7 Å². The number of imidazole rings is 1. The predicted octanol–water partition coefficient (Wildman–Crippen LogP) is 2.40. The summed E-state index contributed by atoms with van der Waals surface area (Å²) in [6, 6.07) is 6.55. The van der Waals surface area contributed by atoms with Crippen LogP contribution in [0.2, 0.25) is 0 Å². The minimum atomic E-state index is -0.254. The second kappa shape index (κ2) is 7.83. The van der Waals surface area contributed by atoms with Gasteiger partial charge in [-0.2, -0.15) is 0 Å². The molecule has 0 fully saturated rings. The summed E-state index contributed by atoms with van der Waals surface area (Å²) in [7, 11) is 1.93. The summed E-state index contributed by atoms with van der Waals surface area (Å²) >= 11 is 1.59. The quantitative estimate of drug-likeness (QED) is 0.631. The van der Waals surface area contributed by atoms with Gasteiger partial charge in [0.05, 0.1) is 0 Å². The lowest BCUT2D eigenvalue weighted by Crippen LogP contribution is -2.26. The van der Waals surface area contributed by atoms with Crippen LogP contribution in [0.25, 0.3) is 0 Å². The van der Waals surface area contributed by atoms with Crippen molar-refractivity contribution in [3.8, 4) is 0 Å². The molecule has 2 rings (SSSR count). The summed E-state index contributed by atoms with van der Waals surface area (Å²) in [5.74, 6) is 0.449. The molecule has 0 aliphatic rings. The maximum atomic E-state index is 13.4. The molecule has 4 nitrogen and oxygen atoms in total. The summed E-state index contributed by atoms with van der Waals surface area (Å²) in [6.07, 6.45) is 4.35. The van der Waals surface area contributed by atoms with Gasteiger partial charge >= 0.3 is 0 Å². The van der Waals surface area contributed by atoms with E-state index in [1.807, 2.05) is 17.8 Å². The Morgan fingerprint density at radius 2 is 2.24 bits per heavy atom. The summed E-state index contributed by atoms with van der Waals surface area (Å²) < 4.78 is 15.3. The number of carbonyl (C=O) groups excluding carboxylic acids is 1. The molecule has 2 aromatic rings. The number of nitrogens with zero attached hydrogens (tertiary/aromatic N) is 2. The topological polar surface area (TPSA) is 46.9 Å². The van der Waals surface area contributed by atoms with Gasteiger partial charge < -0.3 is 9.88 Å². The molecule has 1 N–H and O–H groups in total. The molecule has 21 heavy (non-hydrogen) atoms. The molecule has 1 aromatic heterocycles. The summed E-state index contributed by atoms with van der Waals surface area (Å²) in [5.41, 5.74) is 0.579. The first-order valence-electron chi connectivity index (χ1n) is 6.77. The minimum absolute atomic E-state index is 0.0568. The van der Waals surface area contributed by atoms with Crippen molar-refractivity contribution in [3.63, 3.8) is 0 Å². The average Bonchev–Trinajstić information content (AvgIpc) is 2.88. The van der Waals surface area contributed by atoms with Crippen LogP contribution in [0.1, 0.15) is 12.0 Å². The maximum Gasteiger partial charge on any atom is 0.220 e. The van der Waals surface area contributed by atoms with Crippen LogP contribution in [0.3, 0.4) is 0 Å². The predicted molar refractivity (Wildman–Crippen MR) is 81.7 cm³/mol. The fourth-order valence-electron chi connectivity index (χ4n) is 1.86. The van der Waals surface area contributed by atoms with Gasteiger partial charge in [-0.05, 0) is 18.1 Å². The van der Waals surface area contributed by atoms with E-state index in [1.165, 1.54) is 6.07 Å². The Morgan fingerprint density at radius 1 is 1.43 bits per heavy atom. The molecule has 6 heteroatoms. The van der Waals surface area contributed by atoms with Crippen LogP contribution in [-0.2, 0) is 18.3 Å². The normalized spacial score (nSPS) is 10.6. The van der Waals surface area contributed by atoms with Crippen LogP contribution in [0, 0.1) is 5.82 Å². The highest BCUT2D eigenvalue weighted by Gasteiger charge is 2.06.